The molecule has 1 aromatic rings. The van der Waals surface area contributed by atoms with Gasteiger partial charge in [0.1, 0.15) is 0 Å². The molecule has 3 rings (SSSR count). The van der Waals surface area contributed by atoms with Crippen molar-refractivity contribution in [1.29, 1.82) is 0 Å². The van der Waals surface area contributed by atoms with Crippen LogP contribution >= 0.6 is 0 Å². The smallest absolute Gasteiger partial charge is 0.218 e. The molecule has 1 aromatic carbocycles. The Labute approximate surface area is 119 Å². The second kappa shape index (κ2) is 5.02. The predicted molar refractivity (Wildman–Crippen MR) is 77.3 cm³/mol. The Hall–Kier alpha value is -1.11. The molecule has 1 saturated carbocycles. The minimum Gasteiger partial charge on any atom is -0.399 e. The molecule has 5 nitrogen and oxygen atoms in total. The fourth-order valence-electron chi connectivity index (χ4n) is 3.41. The third kappa shape index (κ3) is 2.55. The number of rotatable bonds is 3. The zero-order chi connectivity index (χ0) is 14.3. The van der Waals surface area contributed by atoms with Gasteiger partial charge in [-0.25, -0.2) is 12.7 Å². The number of hydrogen-bond donors (Lipinski definition) is 2. The van der Waals surface area contributed by atoms with Crippen LogP contribution in [-0.2, 0) is 15.8 Å². The second-order valence-corrected chi connectivity index (χ2v) is 7.86. The largest absolute Gasteiger partial charge is 0.399 e. The van der Waals surface area contributed by atoms with Crippen molar-refractivity contribution in [3.8, 4) is 0 Å². The van der Waals surface area contributed by atoms with E-state index in [1.165, 1.54) is 4.31 Å². The summed E-state index contributed by atoms with van der Waals surface area (Å²) in [5.41, 5.74) is 6.97. The molecule has 1 heterocycles. The van der Waals surface area contributed by atoms with E-state index >= 15 is 0 Å². The summed E-state index contributed by atoms with van der Waals surface area (Å²) in [7, 11) is -3.33. The predicted octanol–water partition coefficient (Wildman–Crippen LogP) is 0.801. The Kier molecular flexibility index (Phi) is 3.48. The lowest BCUT2D eigenvalue weighted by Crippen LogP contribution is -2.32. The summed E-state index contributed by atoms with van der Waals surface area (Å²) in [5.74, 6) is 0.416. The van der Waals surface area contributed by atoms with E-state index in [9.17, 15) is 13.5 Å². The summed E-state index contributed by atoms with van der Waals surface area (Å²) in [6, 6.07) is 6.98. The Balaban J connectivity index is 1.73. The normalized spacial score (nSPS) is 30.6. The molecule has 1 aliphatic heterocycles. The van der Waals surface area contributed by atoms with Crippen molar-refractivity contribution in [2.75, 3.05) is 18.8 Å². The molecule has 3 unspecified atom stereocenters. The van der Waals surface area contributed by atoms with Crippen molar-refractivity contribution in [1.82, 2.24) is 4.31 Å². The van der Waals surface area contributed by atoms with Crippen molar-refractivity contribution in [2.45, 2.75) is 24.7 Å². The van der Waals surface area contributed by atoms with Crippen LogP contribution in [-0.4, -0.2) is 37.0 Å². The maximum Gasteiger partial charge on any atom is 0.218 e. The van der Waals surface area contributed by atoms with Crippen molar-refractivity contribution in [3.63, 3.8) is 0 Å². The molecule has 3 atom stereocenters. The van der Waals surface area contributed by atoms with Crippen LogP contribution < -0.4 is 5.73 Å². The van der Waals surface area contributed by atoms with E-state index in [4.69, 9.17) is 5.73 Å². The van der Waals surface area contributed by atoms with Crippen molar-refractivity contribution >= 4 is 15.7 Å². The van der Waals surface area contributed by atoms with Gasteiger partial charge in [-0.05, 0) is 36.5 Å². The van der Waals surface area contributed by atoms with Crippen LogP contribution in [0.15, 0.2) is 24.3 Å². The van der Waals surface area contributed by atoms with Gasteiger partial charge in [0.05, 0.1) is 11.9 Å². The van der Waals surface area contributed by atoms with Crippen molar-refractivity contribution < 1.29 is 13.5 Å². The van der Waals surface area contributed by atoms with Gasteiger partial charge in [0.15, 0.2) is 0 Å². The standard InChI is InChI=1S/C14H20N2O3S/c15-12-3-1-2-10(6-12)9-20(18,19)16-7-11-4-5-14(17)13(11)8-16/h1-3,6,11,13-14,17H,4-5,7-9,15H2. The number of aliphatic hydroxyl groups is 1. The number of hydrogen-bond acceptors (Lipinski definition) is 4. The van der Waals surface area contributed by atoms with E-state index in [1.54, 1.807) is 24.3 Å². The van der Waals surface area contributed by atoms with E-state index < -0.39 is 10.0 Å². The monoisotopic (exact) mass is 296 g/mol. The lowest BCUT2D eigenvalue weighted by Gasteiger charge is -2.18. The average Bonchev–Trinajstić information content (AvgIpc) is 2.92. The lowest BCUT2D eigenvalue weighted by molar-refractivity contribution is 0.129. The average molecular weight is 296 g/mol. The van der Waals surface area contributed by atoms with E-state index in [1.807, 2.05) is 0 Å². The highest BCUT2D eigenvalue weighted by molar-refractivity contribution is 7.88. The molecule has 20 heavy (non-hydrogen) atoms. The van der Waals surface area contributed by atoms with Gasteiger partial charge in [-0.15, -0.1) is 0 Å². The van der Waals surface area contributed by atoms with Gasteiger partial charge < -0.3 is 10.8 Å². The molecule has 2 fully saturated rings. The number of nitrogens with zero attached hydrogens (tertiary/aromatic N) is 1. The number of sulfonamides is 1. The van der Waals surface area contributed by atoms with Gasteiger partial charge in [0, 0.05) is 24.7 Å². The number of anilines is 1. The highest BCUT2D eigenvalue weighted by Gasteiger charge is 2.45. The third-order valence-corrected chi connectivity index (χ3v) is 6.26. The molecule has 0 bridgehead atoms. The number of nitrogen functional groups attached to an aromatic ring is 1. The molecule has 1 aliphatic carbocycles. The summed E-state index contributed by atoms with van der Waals surface area (Å²) in [4.78, 5) is 0. The molecule has 1 saturated heterocycles. The maximum atomic E-state index is 12.5. The van der Waals surface area contributed by atoms with E-state index in [2.05, 4.69) is 0 Å². The van der Waals surface area contributed by atoms with Crippen LogP contribution in [0.1, 0.15) is 18.4 Å². The Bertz CT molecular complexity index is 602. The van der Waals surface area contributed by atoms with Crippen LogP contribution in [0, 0.1) is 11.8 Å². The van der Waals surface area contributed by atoms with Gasteiger partial charge in [0.2, 0.25) is 10.0 Å². The quantitative estimate of drug-likeness (QED) is 0.808. The van der Waals surface area contributed by atoms with E-state index in [-0.39, 0.29) is 17.8 Å². The van der Waals surface area contributed by atoms with E-state index in [0.29, 0.717) is 30.3 Å². The van der Waals surface area contributed by atoms with Gasteiger partial charge >= 0.3 is 0 Å². The molecule has 2 aliphatic rings. The lowest BCUT2D eigenvalue weighted by atomic mass is 10.00. The van der Waals surface area contributed by atoms with Crippen molar-refractivity contribution in [2.24, 2.45) is 11.8 Å². The fourth-order valence-corrected chi connectivity index (χ4v) is 5.01. The first kappa shape index (κ1) is 13.9. The van der Waals surface area contributed by atoms with Gasteiger partial charge in [-0.3, -0.25) is 0 Å². The maximum absolute atomic E-state index is 12.5. The second-order valence-electron chi connectivity index (χ2n) is 5.89. The summed E-state index contributed by atoms with van der Waals surface area (Å²) in [5, 5.41) is 9.87. The summed E-state index contributed by atoms with van der Waals surface area (Å²) in [6.07, 6.45) is 1.39. The molecule has 110 valence electrons. The third-order valence-electron chi connectivity index (χ3n) is 4.48. The number of benzene rings is 1. The highest BCUT2D eigenvalue weighted by atomic mass is 32.2. The Morgan fingerprint density at radius 2 is 2.10 bits per heavy atom. The molecular weight excluding hydrogens is 276 g/mol. The number of nitrogens with two attached hydrogens (primary N) is 1. The van der Waals surface area contributed by atoms with Crippen molar-refractivity contribution in [3.05, 3.63) is 29.8 Å². The number of aliphatic hydroxyl groups excluding tert-OH is 1. The molecular formula is C14H20N2O3S. The summed E-state index contributed by atoms with van der Waals surface area (Å²) < 4.78 is 26.4. The first-order chi connectivity index (χ1) is 9.45. The van der Waals surface area contributed by atoms with Crippen LogP contribution in [0.3, 0.4) is 0 Å². The molecule has 3 N–H and O–H groups in total. The van der Waals surface area contributed by atoms with Gasteiger partial charge in [0.25, 0.3) is 0 Å². The zero-order valence-electron chi connectivity index (χ0n) is 11.3. The van der Waals surface area contributed by atoms with Crippen LogP contribution in [0.5, 0.6) is 0 Å². The fraction of sp³-hybridized carbons (Fsp3) is 0.571. The summed E-state index contributed by atoms with van der Waals surface area (Å²) in [6.45, 7) is 1.00. The zero-order valence-corrected chi connectivity index (χ0v) is 12.1. The summed E-state index contributed by atoms with van der Waals surface area (Å²) >= 11 is 0. The minimum absolute atomic E-state index is 0.0203. The van der Waals surface area contributed by atoms with Crippen LogP contribution in [0.25, 0.3) is 0 Å². The Morgan fingerprint density at radius 3 is 2.80 bits per heavy atom. The van der Waals surface area contributed by atoms with Crippen LogP contribution in [0.4, 0.5) is 5.69 Å². The molecule has 0 spiro atoms. The molecule has 0 radical (unpaired) electrons. The first-order valence-corrected chi connectivity index (χ1v) is 8.57. The minimum atomic E-state index is -3.33. The number of fused-ring (bicyclic) bond motifs is 1. The van der Waals surface area contributed by atoms with Gasteiger partial charge in [-0.1, -0.05) is 12.1 Å². The Morgan fingerprint density at radius 1 is 1.30 bits per heavy atom. The first-order valence-electron chi connectivity index (χ1n) is 6.96. The van der Waals surface area contributed by atoms with Gasteiger partial charge in [-0.2, -0.15) is 0 Å². The molecule has 6 heteroatoms. The van der Waals surface area contributed by atoms with Crippen LogP contribution in [0.2, 0.25) is 0 Å². The SMILES string of the molecule is Nc1cccc(CS(=O)(=O)N2CC3CCC(O)C3C2)c1. The van der Waals surface area contributed by atoms with E-state index in [0.717, 1.165) is 12.8 Å². The molecule has 0 aromatic heterocycles. The molecule has 0 amide bonds. The topological polar surface area (TPSA) is 83.6 Å². The highest BCUT2D eigenvalue weighted by Crippen LogP contribution is 2.39.